The largest absolute Gasteiger partial charge is 0.326 e. The normalized spacial score (nSPS) is 13.9. The quantitative estimate of drug-likeness (QED) is 0.816. The molecule has 1 aromatic carbocycles. The summed E-state index contributed by atoms with van der Waals surface area (Å²) in [6, 6.07) is 4.59. The maximum atomic E-state index is 13.7. The highest BCUT2D eigenvalue weighted by Crippen LogP contribution is 2.26. The molecule has 0 radical (unpaired) electrons. The van der Waals surface area contributed by atoms with Crippen LogP contribution in [0.25, 0.3) is 11.0 Å². The van der Waals surface area contributed by atoms with Crippen molar-refractivity contribution in [3.63, 3.8) is 0 Å². The van der Waals surface area contributed by atoms with Gasteiger partial charge < -0.3 is 4.57 Å². The summed E-state index contributed by atoms with van der Waals surface area (Å²) in [5, 5.41) is -0.425. The molecule has 0 saturated carbocycles. The number of aryl methyl sites for hydroxylation is 1. The van der Waals surface area contributed by atoms with Gasteiger partial charge in [0.05, 0.1) is 16.6 Å². The van der Waals surface area contributed by atoms with E-state index >= 15 is 0 Å². The Balaban J connectivity index is 2.56. The fourth-order valence-electron chi connectivity index (χ4n) is 1.93. The smallest absolute Gasteiger partial charge is 0.151 e. The van der Waals surface area contributed by atoms with E-state index in [-0.39, 0.29) is 17.8 Å². The van der Waals surface area contributed by atoms with Crippen LogP contribution in [-0.2, 0) is 16.4 Å². The van der Waals surface area contributed by atoms with Crippen molar-refractivity contribution in [2.45, 2.75) is 18.8 Å². The number of alkyl halides is 1. The molecular formula is C12H14ClFN2O2S. The van der Waals surface area contributed by atoms with Crippen LogP contribution in [0.3, 0.4) is 0 Å². The molecule has 0 aliphatic heterocycles. The summed E-state index contributed by atoms with van der Waals surface area (Å²) < 4.78 is 37.9. The summed E-state index contributed by atoms with van der Waals surface area (Å²) in [6.07, 6.45) is 1.16. The number of hydrogen-bond acceptors (Lipinski definition) is 3. The minimum Gasteiger partial charge on any atom is -0.326 e. The lowest BCUT2D eigenvalue weighted by atomic mass is 10.3. The summed E-state index contributed by atoms with van der Waals surface area (Å²) in [5.41, 5.74) is 0.782. The van der Waals surface area contributed by atoms with Gasteiger partial charge in [-0.05, 0) is 19.1 Å². The Kier molecular flexibility index (Phi) is 3.82. The van der Waals surface area contributed by atoms with Gasteiger partial charge in [-0.3, -0.25) is 0 Å². The lowest BCUT2D eigenvalue weighted by Gasteiger charge is -2.09. The molecule has 1 aromatic heterocycles. The molecule has 0 saturated heterocycles. The first-order chi connectivity index (χ1) is 8.79. The van der Waals surface area contributed by atoms with E-state index in [1.54, 1.807) is 23.6 Å². The van der Waals surface area contributed by atoms with Crippen molar-refractivity contribution in [1.82, 2.24) is 9.55 Å². The highest BCUT2D eigenvalue weighted by molar-refractivity contribution is 7.90. The minimum atomic E-state index is -3.11. The number of halogens is 2. The number of hydrogen-bond donors (Lipinski definition) is 0. The number of imidazole rings is 1. The first-order valence-corrected chi connectivity index (χ1v) is 8.26. The van der Waals surface area contributed by atoms with Gasteiger partial charge in [-0.2, -0.15) is 0 Å². The van der Waals surface area contributed by atoms with E-state index < -0.39 is 21.0 Å². The lowest BCUT2D eigenvalue weighted by molar-refractivity contribution is 0.593. The van der Waals surface area contributed by atoms with Gasteiger partial charge >= 0.3 is 0 Å². The third-order valence-electron chi connectivity index (χ3n) is 2.80. The number of sulfone groups is 1. The first kappa shape index (κ1) is 14.3. The maximum absolute atomic E-state index is 13.7. The topological polar surface area (TPSA) is 52.0 Å². The van der Waals surface area contributed by atoms with Crippen LogP contribution in [0.5, 0.6) is 0 Å². The number of fused-ring (bicyclic) bond motifs is 1. The monoisotopic (exact) mass is 304 g/mol. The molecule has 19 heavy (non-hydrogen) atoms. The molecule has 0 bridgehead atoms. The van der Waals surface area contributed by atoms with E-state index in [0.29, 0.717) is 11.3 Å². The van der Waals surface area contributed by atoms with Gasteiger partial charge in [0, 0.05) is 12.8 Å². The predicted molar refractivity (Wildman–Crippen MR) is 73.7 cm³/mol. The van der Waals surface area contributed by atoms with Crippen LogP contribution in [-0.4, -0.2) is 30.0 Å². The molecule has 1 unspecified atom stereocenters. The Morgan fingerprint density at radius 1 is 1.47 bits per heavy atom. The maximum Gasteiger partial charge on any atom is 0.151 e. The van der Waals surface area contributed by atoms with E-state index in [9.17, 15) is 12.8 Å². The number of para-hydroxylation sites is 1. The molecule has 2 aromatic rings. The van der Waals surface area contributed by atoms with Crippen LogP contribution in [0.4, 0.5) is 4.39 Å². The van der Waals surface area contributed by atoms with Gasteiger partial charge in [0.25, 0.3) is 0 Å². The highest BCUT2D eigenvalue weighted by atomic mass is 35.5. The van der Waals surface area contributed by atoms with E-state index in [1.165, 1.54) is 6.07 Å². The molecule has 4 nitrogen and oxygen atoms in total. The summed E-state index contributed by atoms with van der Waals surface area (Å²) >= 11 is 6.03. The zero-order valence-electron chi connectivity index (χ0n) is 10.6. The molecule has 104 valence electrons. The first-order valence-electron chi connectivity index (χ1n) is 5.76. The van der Waals surface area contributed by atoms with E-state index in [2.05, 4.69) is 4.98 Å². The van der Waals surface area contributed by atoms with Crippen molar-refractivity contribution < 1.29 is 12.8 Å². The summed E-state index contributed by atoms with van der Waals surface area (Å²) in [4.78, 5) is 4.17. The Hall–Kier alpha value is -1.14. The van der Waals surface area contributed by atoms with Crippen LogP contribution in [0, 0.1) is 5.82 Å². The van der Waals surface area contributed by atoms with Gasteiger partial charge in [-0.1, -0.05) is 6.07 Å². The summed E-state index contributed by atoms with van der Waals surface area (Å²) in [5.74, 6) is 0.00516. The second-order valence-corrected chi connectivity index (χ2v) is 7.39. The highest BCUT2D eigenvalue weighted by Gasteiger charge is 2.18. The third-order valence-corrected chi connectivity index (χ3v) is 3.92. The number of aromatic nitrogens is 2. The molecule has 1 atom stereocenters. The lowest BCUT2D eigenvalue weighted by Crippen LogP contribution is -2.13. The Bertz CT molecular complexity index is 710. The molecule has 1 heterocycles. The number of nitrogens with zero attached hydrogens (tertiary/aromatic N) is 2. The molecule has 7 heteroatoms. The van der Waals surface area contributed by atoms with Gasteiger partial charge in [0.2, 0.25) is 0 Å². The van der Waals surface area contributed by atoms with Gasteiger partial charge in [-0.25, -0.2) is 17.8 Å². The summed E-state index contributed by atoms with van der Waals surface area (Å²) in [7, 11) is -3.11. The van der Waals surface area contributed by atoms with Crippen LogP contribution < -0.4 is 0 Å². The Morgan fingerprint density at radius 2 is 2.16 bits per heavy atom. The molecule has 0 aliphatic carbocycles. The molecule has 2 rings (SSSR count). The molecule has 0 fully saturated rings. The van der Waals surface area contributed by atoms with Crippen LogP contribution in [0.2, 0.25) is 0 Å². The standard InChI is InChI=1S/C12H14ClFN2O2S/c1-8(13)12-15-11-9(14)4-3-5-10(11)16(12)6-7-19(2,17)18/h3-5,8H,6-7H2,1-2H3. The average molecular weight is 305 g/mol. The van der Waals surface area contributed by atoms with Gasteiger partial charge in [0.1, 0.15) is 21.2 Å². The molecule has 0 amide bonds. The van der Waals surface area contributed by atoms with Gasteiger partial charge in [0.15, 0.2) is 5.82 Å². The van der Waals surface area contributed by atoms with Crippen LogP contribution in [0.15, 0.2) is 18.2 Å². The fourth-order valence-corrected chi connectivity index (χ4v) is 2.61. The van der Waals surface area contributed by atoms with Crippen LogP contribution >= 0.6 is 11.6 Å². The molecule has 0 N–H and O–H groups in total. The molecular weight excluding hydrogens is 291 g/mol. The molecule has 0 spiro atoms. The van der Waals surface area contributed by atoms with Crippen LogP contribution in [0.1, 0.15) is 18.1 Å². The number of rotatable bonds is 4. The van der Waals surface area contributed by atoms with E-state index in [1.807, 2.05) is 0 Å². The second-order valence-electron chi connectivity index (χ2n) is 4.48. The van der Waals surface area contributed by atoms with E-state index in [4.69, 9.17) is 11.6 Å². The summed E-state index contributed by atoms with van der Waals surface area (Å²) in [6.45, 7) is 1.93. The Labute approximate surface area is 116 Å². The van der Waals surface area contributed by atoms with Crippen molar-refractivity contribution in [3.05, 3.63) is 29.8 Å². The number of benzene rings is 1. The second kappa shape index (κ2) is 5.09. The van der Waals surface area contributed by atoms with E-state index in [0.717, 1.165) is 6.26 Å². The van der Waals surface area contributed by atoms with Crippen molar-refractivity contribution >= 4 is 32.5 Å². The predicted octanol–water partition coefficient (Wildman–Crippen LogP) is 2.52. The zero-order chi connectivity index (χ0) is 14.2. The van der Waals surface area contributed by atoms with Crippen molar-refractivity contribution in [2.75, 3.05) is 12.0 Å². The van der Waals surface area contributed by atoms with Crippen molar-refractivity contribution in [2.24, 2.45) is 0 Å². The Morgan fingerprint density at radius 3 is 2.74 bits per heavy atom. The average Bonchev–Trinajstić information content (AvgIpc) is 2.66. The molecule has 0 aliphatic rings. The third kappa shape index (κ3) is 3.06. The fraction of sp³-hybridized carbons (Fsp3) is 0.417. The van der Waals surface area contributed by atoms with Crippen molar-refractivity contribution in [3.8, 4) is 0 Å². The SMILES string of the molecule is CC(Cl)c1nc2c(F)cccc2n1CCS(C)(=O)=O. The van der Waals surface area contributed by atoms with Crippen molar-refractivity contribution in [1.29, 1.82) is 0 Å². The van der Waals surface area contributed by atoms with Gasteiger partial charge in [-0.15, -0.1) is 11.6 Å². The minimum absolute atomic E-state index is 0.0361. The zero-order valence-corrected chi connectivity index (χ0v) is 12.2.